The summed E-state index contributed by atoms with van der Waals surface area (Å²) in [6, 6.07) is 14.9. The number of amides is 3. The Morgan fingerprint density at radius 1 is 0.902 bits per heavy atom. The lowest BCUT2D eigenvalue weighted by Gasteiger charge is -2.30. The fraction of sp³-hybridized carbons (Fsp3) is 0.561. The van der Waals surface area contributed by atoms with Crippen molar-refractivity contribution < 1.29 is 33.8 Å². The summed E-state index contributed by atoms with van der Waals surface area (Å²) in [6.45, 7) is -0.00903. The second kappa shape index (κ2) is 17.4. The SMILES string of the molecule is O=C(C[C@H]1CC=CCC[C@H](NC(=O)OCC2c3ccccc3-c3ccccc32)C(=O)OC[C@H](CC2CCCCC2)NC1=O)NC1(CO)CCCC1. The van der Waals surface area contributed by atoms with E-state index in [4.69, 9.17) is 9.47 Å². The Balaban J connectivity index is 1.11. The molecule has 4 N–H and O–H groups in total. The van der Waals surface area contributed by atoms with Crippen molar-refractivity contribution in [1.82, 2.24) is 16.0 Å². The smallest absolute Gasteiger partial charge is 0.407 e. The molecule has 2 aromatic carbocycles. The Bertz CT molecular complexity index is 1520. The van der Waals surface area contributed by atoms with E-state index in [-0.39, 0.29) is 44.0 Å². The van der Waals surface area contributed by atoms with Crippen molar-refractivity contribution in [2.24, 2.45) is 11.8 Å². The molecule has 0 unspecified atom stereocenters. The summed E-state index contributed by atoms with van der Waals surface area (Å²) in [5.74, 6) is -1.37. The van der Waals surface area contributed by atoms with Gasteiger partial charge in [0, 0.05) is 12.3 Å². The molecule has 0 radical (unpaired) electrons. The van der Waals surface area contributed by atoms with Gasteiger partial charge in [-0.15, -0.1) is 0 Å². The van der Waals surface area contributed by atoms with Gasteiger partial charge in [0.05, 0.1) is 24.1 Å². The van der Waals surface area contributed by atoms with Crippen LogP contribution in [0.25, 0.3) is 11.1 Å². The maximum atomic E-state index is 13.7. The van der Waals surface area contributed by atoms with Gasteiger partial charge in [0.15, 0.2) is 0 Å². The second-order valence-corrected chi connectivity index (χ2v) is 15.0. The zero-order valence-corrected chi connectivity index (χ0v) is 29.6. The van der Waals surface area contributed by atoms with Crippen LogP contribution in [-0.2, 0) is 23.9 Å². The first-order chi connectivity index (χ1) is 24.8. The number of allylic oxidation sites excluding steroid dienone is 2. The zero-order valence-electron chi connectivity index (χ0n) is 29.6. The van der Waals surface area contributed by atoms with E-state index in [0.29, 0.717) is 31.6 Å². The lowest BCUT2D eigenvalue weighted by Crippen LogP contribution is -2.50. The van der Waals surface area contributed by atoms with Gasteiger partial charge in [-0.1, -0.05) is 106 Å². The van der Waals surface area contributed by atoms with Crippen molar-refractivity contribution in [2.45, 2.75) is 113 Å². The quantitative estimate of drug-likeness (QED) is 0.184. The Morgan fingerprint density at radius 2 is 1.59 bits per heavy atom. The highest BCUT2D eigenvalue weighted by molar-refractivity contribution is 5.86. The first kappa shape index (κ1) is 36.6. The molecule has 10 heteroatoms. The van der Waals surface area contributed by atoms with Crippen molar-refractivity contribution in [2.75, 3.05) is 19.8 Å². The second-order valence-electron chi connectivity index (χ2n) is 15.0. The van der Waals surface area contributed by atoms with Gasteiger partial charge in [-0.2, -0.15) is 0 Å². The molecule has 4 aliphatic rings. The number of fused-ring (bicyclic) bond motifs is 3. The summed E-state index contributed by atoms with van der Waals surface area (Å²) in [7, 11) is 0. The summed E-state index contributed by atoms with van der Waals surface area (Å²) in [5, 5.41) is 18.9. The molecule has 2 fully saturated rings. The molecule has 10 nitrogen and oxygen atoms in total. The number of ether oxygens (including phenoxy) is 2. The van der Waals surface area contributed by atoms with Crippen LogP contribution in [0.3, 0.4) is 0 Å². The Morgan fingerprint density at radius 3 is 2.27 bits per heavy atom. The maximum absolute atomic E-state index is 13.7. The standard InChI is InChI=1S/C41H53N3O7/c45-27-41(21-11-12-22-41)44-37(46)24-29-15-5-2-6-20-36(39(48)50-25-30(42-38(29)47)23-28-13-3-1-4-14-28)43-40(49)51-26-35-33-18-9-7-16-31(33)32-17-8-10-19-34(32)35/h2,5,7-10,16-19,28-30,35-36,45H,1,3-4,6,11-15,20-27H2,(H,42,47)(H,43,49)(H,44,46)/t29-,30+,36+/m1/s1. The topological polar surface area (TPSA) is 143 Å². The number of hydrogen-bond donors (Lipinski definition) is 4. The first-order valence-electron chi connectivity index (χ1n) is 19.0. The van der Waals surface area contributed by atoms with Crippen molar-refractivity contribution >= 4 is 23.9 Å². The number of esters is 1. The third-order valence-electron chi connectivity index (χ3n) is 11.3. The number of nitrogens with one attached hydrogen (secondary N) is 3. The van der Waals surface area contributed by atoms with Crippen molar-refractivity contribution in [3.63, 3.8) is 0 Å². The number of aliphatic hydroxyl groups excluding tert-OH is 1. The van der Waals surface area contributed by atoms with Crippen LogP contribution < -0.4 is 16.0 Å². The minimum absolute atomic E-state index is 0.000174. The lowest BCUT2D eigenvalue weighted by molar-refractivity contribution is -0.148. The van der Waals surface area contributed by atoms with Crippen molar-refractivity contribution in [1.29, 1.82) is 0 Å². The van der Waals surface area contributed by atoms with Crippen LogP contribution in [0, 0.1) is 11.8 Å². The van der Waals surface area contributed by atoms with Gasteiger partial charge in [0.1, 0.15) is 19.3 Å². The van der Waals surface area contributed by atoms with Crippen LogP contribution in [0.4, 0.5) is 4.79 Å². The predicted molar refractivity (Wildman–Crippen MR) is 194 cm³/mol. The minimum atomic E-state index is -0.931. The van der Waals surface area contributed by atoms with Crippen LogP contribution in [0.1, 0.15) is 107 Å². The molecule has 2 saturated carbocycles. The lowest BCUT2D eigenvalue weighted by atomic mass is 9.84. The number of cyclic esters (lactones) is 1. The van der Waals surface area contributed by atoms with E-state index in [1.807, 2.05) is 36.4 Å². The summed E-state index contributed by atoms with van der Waals surface area (Å²) >= 11 is 0. The van der Waals surface area contributed by atoms with Gasteiger partial charge in [0.2, 0.25) is 11.8 Å². The number of benzene rings is 2. The highest BCUT2D eigenvalue weighted by Crippen LogP contribution is 2.44. The summed E-state index contributed by atoms with van der Waals surface area (Å²) in [4.78, 5) is 53.6. The average molecular weight is 700 g/mol. The number of carbonyl (C=O) groups excluding carboxylic acids is 4. The molecule has 0 aromatic heterocycles. The predicted octanol–water partition coefficient (Wildman–Crippen LogP) is 6.06. The highest BCUT2D eigenvalue weighted by atomic mass is 16.6. The van der Waals surface area contributed by atoms with Crippen LogP contribution in [0.2, 0.25) is 0 Å². The fourth-order valence-corrected chi connectivity index (χ4v) is 8.50. The number of aliphatic hydroxyl groups is 1. The van der Waals surface area contributed by atoms with Crippen molar-refractivity contribution in [3.8, 4) is 11.1 Å². The summed E-state index contributed by atoms with van der Waals surface area (Å²) in [6.07, 6.45) is 13.8. The van der Waals surface area contributed by atoms with E-state index < -0.39 is 35.6 Å². The van der Waals surface area contributed by atoms with Gasteiger partial charge in [-0.3, -0.25) is 9.59 Å². The van der Waals surface area contributed by atoms with Gasteiger partial charge in [-0.05, 0) is 66.7 Å². The van der Waals surface area contributed by atoms with Crippen molar-refractivity contribution in [3.05, 3.63) is 71.8 Å². The first-order valence-corrected chi connectivity index (χ1v) is 19.0. The monoisotopic (exact) mass is 699 g/mol. The van der Waals surface area contributed by atoms with Gasteiger partial charge in [0.25, 0.3) is 0 Å². The van der Waals surface area contributed by atoms with Gasteiger partial charge < -0.3 is 30.5 Å². The molecule has 2 aromatic rings. The van der Waals surface area contributed by atoms with Crippen LogP contribution in [0.15, 0.2) is 60.7 Å². The van der Waals surface area contributed by atoms with Gasteiger partial charge in [-0.25, -0.2) is 9.59 Å². The molecule has 274 valence electrons. The molecule has 3 amide bonds. The normalized spacial score (nSPS) is 24.1. The molecule has 51 heavy (non-hydrogen) atoms. The average Bonchev–Trinajstić information content (AvgIpc) is 3.74. The van der Waals surface area contributed by atoms with E-state index in [9.17, 15) is 24.3 Å². The molecule has 3 aliphatic carbocycles. The van der Waals surface area contributed by atoms with Gasteiger partial charge >= 0.3 is 12.1 Å². The van der Waals surface area contributed by atoms with E-state index >= 15 is 0 Å². The third-order valence-corrected chi connectivity index (χ3v) is 11.3. The maximum Gasteiger partial charge on any atom is 0.407 e. The fourth-order valence-electron chi connectivity index (χ4n) is 8.50. The minimum Gasteiger partial charge on any atom is -0.462 e. The third kappa shape index (κ3) is 9.39. The summed E-state index contributed by atoms with van der Waals surface area (Å²) < 4.78 is 11.6. The number of alkyl carbamates (subject to hydrolysis) is 1. The molecule has 0 saturated heterocycles. The van der Waals surface area contributed by atoms with E-state index in [1.165, 1.54) is 6.42 Å². The molecule has 0 spiro atoms. The Kier molecular flexibility index (Phi) is 12.5. The largest absolute Gasteiger partial charge is 0.462 e. The van der Waals surface area contributed by atoms with Crippen LogP contribution in [0.5, 0.6) is 0 Å². The molecular formula is C41H53N3O7. The summed E-state index contributed by atoms with van der Waals surface area (Å²) in [5.41, 5.74) is 3.86. The number of carbonyl (C=O) groups is 4. The zero-order chi connectivity index (χ0) is 35.6. The number of rotatable bonds is 9. The van der Waals surface area contributed by atoms with E-state index in [0.717, 1.165) is 73.6 Å². The molecule has 1 aliphatic heterocycles. The van der Waals surface area contributed by atoms with Crippen LogP contribution in [-0.4, -0.2) is 66.4 Å². The molecular weight excluding hydrogens is 646 g/mol. The number of hydrogen-bond acceptors (Lipinski definition) is 7. The highest BCUT2D eigenvalue weighted by Gasteiger charge is 2.36. The van der Waals surface area contributed by atoms with Crippen LogP contribution >= 0.6 is 0 Å². The molecule has 0 bridgehead atoms. The molecule has 3 atom stereocenters. The Labute approximate surface area is 301 Å². The molecule has 6 rings (SSSR count). The Hall–Kier alpha value is -4.18. The van der Waals surface area contributed by atoms with E-state index in [1.54, 1.807) is 0 Å². The molecule has 1 heterocycles. The van der Waals surface area contributed by atoms with E-state index in [2.05, 4.69) is 40.2 Å².